The van der Waals surface area contributed by atoms with E-state index in [1.165, 1.54) is 6.07 Å². The number of carbonyl (C=O) groups excluding carboxylic acids is 1. The van der Waals surface area contributed by atoms with Crippen LogP contribution in [0.5, 0.6) is 0 Å². The number of morpholine rings is 1. The summed E-state index contributed by atoms with van der Waals surface area (Å²) in [5.74, 6) is -0.593. The van der Waals surface area contributed by atoms with E-state index in [4.69, 9.17) is 10.5 Å². The zero-order valence-electron chi connectivity index (χ0n) is 13.0. The molecular formula is C15H24Cl2FN3O2. The molecule has 1 aromatic rings. The van der Waals surface area contributed by atoms with Gasteiger partial charge in [0.15, 0.2) is 0 Å². The van der Waals surface area contributed by atoms with Crippen molar-refractivity contribution in [3.05, 3.63) is 35.6 Å². The summed E-state index contributed by atoms with van der Waals surface area (Å²) < 4.78 is 19.4. The summed E-state index contributed by atoms with van der Waals surface area (Å²) in [7, 11) is 0. The van der Waals surface area contributed by atoms with Gasteiger partial charge in [-0.15, -0.1) is 24.8 Å². The van der Waals surface area contributed by atoms with E-state index in [2.05, 4.69) is 5.32 Å². The number of benzene rings is 1. The minimum Gasteiger partial charge on any atom is -0.379 e. The van der Waals surface area contributed by atoms with Gasteiger partial charge < -0.3 is 15.8 Å². The quantitative estimate of drug-likeness (QED) is 0.827. The zero-order valence-corrected chi connectivity index (χ0v) is 14.7. The average Bonchev–Trinajstić information content (AvgIpc) is 2.50. The van der Waals surface area contributed by atoms with E-state index in [1.807, 2.05) is 11.8 Å². The van der Waals surface area contributed by atoms with Crippen molar-refractivity contribution in [3.8, 4) is 0 Å². The minimum absolute atomic E-state index is 0. The molecule has 5 nitrogen and oxygen atoms in total. The number of ether oxygens (including phenoxy) is 1. The number of nitrogens with zero attached hydrogens (tertiary/aromatic N) is 1. The predicted molar refractivity (Wildman–Crippen MR) is 92.7 cm³/mol. The Balaban J connectivity index is 0.00000242. The highest BCUT2D eigenvalue weighted by Crippen LogP contribution is 2.24. The van der Waals surface area contributed by atoms with Crippen molar-refractivity contribution in [2.75, 3.05) is 32.8 Å². The van der Waals surface area contributed by atoms with Crippen LogP contribution in [-0.4, -0.2) is 49.7 Å². The Bertz CT molecular complexity index is 488. The molecule has 0 aromatic heterocycles. The van der Waals surface area contributed by atoms with Crippen LogP contribution in [0.4, 0.5) is 4.39 Å². The normalized spacial score (nSPS) is 17.3. The van der Waals surface area contributed by atoms with Gasteiger partial charge in [0.25, 0.3) is 0 Å². The van der Waals surface area contributed by atoms with Gasteiger partial charge in [-0.1, -0.05) is 18.2 Å². The SMILES string of the molecule is C[C@@H](CN)NC(=O)C(c1ccccc1F)N1CCOCC1.Cl.Cl. The lowest BCUT2D eigenvalue weighted by molar-refractivity contribution is -0.129. The molecule has 1 unspecified atom stereocenters. The Hall–Kier alpha value is -0.920. The molecule has 132 valence electrons. The van der Waals surface area contributed by atoms with Crippen LogP contribution in [0, 0.1) is 5.82 Å². The van der Waals surface area contributed by atoms with Crippen LogP contribution in [-0.2, 0) is 9.53 Å². The van der Waals surface area contributed by atoms with Gasteiger partial charge in [0, 0.05) is 31.2 Å². The third kappa shape index (κ3) is 5.90. The first-order chi connectivity index (χ1) is 10.1. The molecule has 1 aliphatic heterocycles. The van der Waals surface area contributed by atoms with Gasteiger partial charge in [0.05, 0.1) is 13.2 Å². The third-order valence-corrected chi connectivity index (χ3v) is 3.60. The van der Waals surface area contributed by atoms with E-state index in [-0.39, 0.29) is 42.6 Å². The van der Waals surface area contributed by atoms with Gasteiger partial charge in [-0.25, -0.2) is 4.39 Å². The lowest BCUT2D eigenvalue weighted by Gasteiger charge is -2.34. The summed E-state index contributed by atoms with van der Waals surface area (Å²) in [4.78, 5) is 14.5. The Morgan fingerprint density at radius 1 is 1.35 bits per heavy atom. The second-order valence-corrected chi connectivity index (χ2v) is 5.22. The molecule has 0 aliphatic carbocycles. The molecule has 1 fully saturated rings. The number of nitrogens with one attached hydrogen (secondary N) is 1. The van der Waals surface area contributed by atoms with E-state index in [1.54, 1.807) is 18.2 Å². The standard InChI is InChI=1S/C15H22FN3O2.2ClH/c1-11(10-17)18-15(20)14(19-6-8-21-9-7-19)12-4-2-3-5-13(12)16;;/h2-5,11,14H,6-10,17H2,1H3,(H,18,20);2*1H/t11-,14?;;/m0../s1. The largest absolute Gasteiger partial charge is 0.379 e. The number of nitrogens with two attached hydrogens (primary N) is 1. The van der Waals surface area contributed by atoms with Crippen molar-refractivity contribution in [2.45, 2.75) is 19.0 Å². The molecule has 1 aromatic carbocycles. The molecule has 2 rings (SSSR count). The van der Waals surface area contributed by atoms with Crippen molar-refractivity contribution < 1.29 is 13.9 Å². The van der Waals surface area contributed by atoms with Crippen LogP contribution in [0.1, 0.15) is 18.5 Å². The summed E-state index contributed by atoms with van der Waals surface area (Å²) >= 11 is 0. The van der Waals surface area contributed by atoms with Crippen LogP contribution in [0.2, 0.25) is 0 Å². The van der Waals surface area contributed by atoms with Gasteiger partial charge in [0.2, 0.25) is 5.91 Å². The first kappa shape index (κ1) is 22.1. The molecule has 1 saturated heterocycles. The van der Waals surface area contributed by atoms with Crippen molar-refractivity contribution in [1.82, 2.24) is 10.2 Å². The molecule has 1 heterocycles. The smallest absolute Gasteiger partial charge is 0.242 e. The second kappa shape index (κ2) is 10.8. The second-order valence-electron chi connectivity index (χ2n) is 5.22. The highest BCUT2D eigenvalue weighted by molar-refractivity contribution is 5.85. The predicted octanol–water partition coefficient (Wildman–Crippen LogP) is 1.51. The van der Waals surface area contributed by atoms with Gasteiger partial charge in [-0.2, -0.15) is 0 Å². The van der Waals surface area contributed by atoms with Gasteiger partial charge >= 0.3 is 0 Å². The molecule has 0 saturated carbocycles. The molecule has 0 radical (unpaired) electrons. The molecular weight excluding hydrogens is 344 g/mol. The van der Waals surface area contributed by atoms with Crippen molar-refractivity contribution >= 4 is 30.7 Å². The lowest BCUT2D eigenvalue weighted by atomic mass is 10.0. The Morgan fingerprint density at radius 2 is 1.96 bits per heavy atom. The molecule has 8 heteroatoms. The first-order valence-electron chi connectivity index (χ1n) is 7.20. The number of hydrogen-bond donors (Lipinski definition) is 2. The summed E-state index contributed by atoms with van der Waals surface area (Å²) in [6.45, 7) is 4.47. The monoisotopic (exact) mass is 367 g/mol. The van der Waals surface area contributed by atoms with E-state index >= 15 is 0 Å². The fourth-order valence-electron chi connectivity index (χ4n) is 2.42. The van der Waals surface area contributed by atoms with Crippen LogP contribution in [0.25, 0.3) is 0 Å². The Kier molecular flexibility index (Phi) is 10.3. The van der Waals surface area contributed by atoms with E-state index in [9.17, 15) is 9.18 Å². The molecule has 3 N–H and O–H groups in total. The van der Waals surface area contributed by atoms with Gasteiger partial charge in [0.1, 0.15) is 11.9 Å². The summed E-state index contributed by atoms with van der Waals surface area (Å²) in [5, 5.41) is 2.84. The lowest BCUT2D eigenvalue weighted by Crippen LogP contribution is -2.49. The zero-order chi connectivity index (χ0) is 15.2. The van der Waals surface area contributed by atoms with E-state index in [0.717, 1.165) is 0 Å². The maximum absolute atomic E-state index is 14.1. The van der Waals surface area contributed by atoms with Crippen LogP contribution in [0.15, 0.2) is 24.3 Å². The number of halogens is 3. The van der Waals surface area contributed by atoms with Crippen LogP contribution in [0.3, 0.4) is 0 Å². The number of amides is 1. The van der Waals surface area contributed by atoms with Crippen LogP contribution >= 0.6 is 24.8 Å². The Labute approximate surface area is 148 Å². The third-order valence-electron chi connectivity index (χ3n) is 3.60. The maximum atomic E-state index is 14.1. The topological polar surface area (TPSA) is 67.6 Å². The van der Waals surface area contributed by atoms with Crippen molar-refractivity contribution in [3.63, 3.8) is 0 Å². The highest BCUT2D eigenvalue weighted by atomic mass is 35.5. The summed E-state index contributed by atoms with van der Waals surface area (Å²) in [5.41, 5.74) is 5.94. The molecule has 1 amide bonds. The minimum atomic E-state index is -0.649. The molecule has 0 bridgehead atoms. The maximum Gasteiger partial charge on any atom is 0.242 e. The van der Waals surface area contributed by atoms with Crippen molar-refractivity contribution in [1.29, 1.82) is 0 Å². The first-order valence-corrected chi connectivity index (χ1v) is 7.20. The average molecular weight is 368 g/mol. The number of hydrogen-bond acceptors (Lipinski definition) is 4. The number of carbonyl (C=O) groups is 1. The molecule has 0 spiro atoms. The van der Waals surface area contributed by atoms with Gasteiger partial charge in [-0.05, 0) is 13.0 Å². The fourth-order valence-corrected chi connectivity index (χ4v) is 2.42. The molecule has 23 heavy (non-hydrogen) atoms. The van der Waals surface area contributed by atoms with Crippen LogP contribution < -0.4 is 11.1 Å². The van der Waals surface area contributed by atoms with Gasteiger partial charge in [-0.3, -0.25) is 9.69 Å². The summed E-state index contributed by atoms with van der Waals surface area (Å²) in [6.07, 6.45) is 0. The highest BCUT2D eigenvalue weighted by Gasteiger charge is 2.31. The number of rotatable bonds is 5. The Morgan fingerprint density at radius 3 is 2.52 bits per heavy atom. The fraction of sp³-hybridized carbons (Fsp3) is 0.533. The van der Waals surface area contributed by atoms with Crippen molar-refractivity contribution in [2.24, 2.45) is 5.73 Å². The molecule has 2 atom stereocenters. The van der Waals surface area contributed by atoms with E-state index in [0.29, 0.717) is 38.4 Å². The molecule has 1 aliphatic rings. The van der Waals surface area contributed by atoms with E-state index < -0.39 is 6.04 Å². The summed E-state index contributed by atoms with van der Waals surface area (Å²) in [6, 6.07) is 5.60.